The first kappa shape index (κ1) is 27.9. The zero-order chi connectivity index (χ0) is 26.0. The number of rotatable bonds is 7. The molecule has 18 heteroatoms. The first-order chi connectivity index (χ1) is 13.8. The van der Waals surface area contributed by atoms with Crippen LogP contribution in [0.25, 0.3) is 0 Å². The molecule has 0 aliphatic rings. The molecule has 0 unspecified atom stereocenters. The second-order valence-corrected chi connectivity index (χ2v) is 6.11. The summed E-state index contributed by atoms with van der Waals surface area (Å²) in [6, 6.07) is 1.22. The van der Waals surface area contributed by atoms with E-state index in [9.17, 15) is 74.6 Å². The number of hydrogen-bond acceptors (Lipinski definition) is 1. The molecule has 0 amide bonds. The third kappa shape index (κ3) is 3.31. The minimum Gasteiger partial charge on any atom is -0.398 e. The molecule has 32 heavy (non-hydrogen) atoms. The van der Waals surface area contributed by atoms with E-state index >= 15 is 0 Å². The van der Waals surface area contributed by atoms with Gasteiger partial charge >= 0.3 is 47.6 Å². The van der Waals surface area contributed by atoms with Crippen molar-refractivity contribution in [3.8, 4) is 0 Å². The molecule has 0 bridgehead atoms. The Bertz CT molecular complexity index is 838. The lowest BCUT2D eigenvalue weighted by Crippen LogP contribution is -2.74. The van der Waals surface area contributed by atoms with Crippen LogP contribution >= 0.6 is 0 Å². The lowest BCUT2D eigenvalue weighted by Gasteiger charge is -2.42. The van der Waals surface area contributed by atoms with Gasteiger partial charge in [0, 0.05) is 5.69 Å². The van der Waals surface area contributed by atoms with E-state index in [4.69, 9.17) is 5.73 Å². The number of alkyl halides is 17. The number of nitrogens with two attached hydrogens (primary N) is 1. The molecule has 0 fully saturated rings. The predicted molar refractivity (Wildman–Crippen MR) is 70.5 cm³/mol. The molecule has 186 valence electrons. The fourth-order valence-corrected chi connectivity index (χ4v) is 2.12. The summed E-state index contributed by atoms with van der Waals surface area (Å²) < 4.78 is 224. The third-order valence-corrected chi connectivity index (χ3v) is 4.02. The Labute approximate surface area is 165 Å². The highest BCUT2D eigenvalue weighted by Gasteiger charge is 2.95. The molecule has 2 N–H and O–H groups in total. The maximum atomic E-state index is 13.9. The van der Waals surface area contributed by atoms with Gasteiger partial charge in [-0.25, -0.2) is 0 Å². The minimum atomic E-state index is -8.65. The van der Waals surface area contributed by atoms with Crippen molar-refractivity contribution in [2.75, 3.05) is 5.73 Å². The predicted octanol–water partition coefficient (Wildman–Crippen LogP) is 6.73. The van der Waals surface area contributed by atoms with Crippen molar-refractivity contribution in [1.29, 1.82) is 0 Å². The van der Waals surface area contributed by atoms with Crippen molar-refractivity contribution in [2.45, 2.75) is 47.6 Å². The molecule has 1 aromatic carbocycles. The molecule has 0 saturated carbocycles. The van der Waals surface area contributed by atoms with Crippen LogP contribution in [0.1, 0.15) is 5.56 Å². The Kier molecular flexibility index (Phi) is 6.24. The Morgan fingerprint density at radius 2 is 0.750 bits per heavy atom. The van der Waals surface area contributed by atoms with Crippen molar-refractivity contribution < 1.29 is 74.6 Å². The van der Waals surface area contributed by atoms with E-state index < -0.39 is 58.9 Å². The SMILES string of the molecule is Nc1ccccc1C(F)(F)C(F)(F)C(F)(F)C(F)(F)C(F)(F)C(F)(F)C(F)(F)C(F)(F)F. The highest BCUT2D eigenvalue weighted by atomic mass is 19.4. The Morgan fingerprint density at radius 1 is 0.438 bits per heavy atom. The number of hydrogen-bond donors (Lipinski definition) is 1. The number of para-hydroxylation sites is 1. The van der Waals surface area contributed by atoms with Crippen LogP contribution in [0.5, 0.6) is 0 Å². The summed E-state index contributed by atoms with van der Waals surface area (Å²) in [4.78, 5) is 0. The molecule has 1 aromatic rings. The van der Waals surface area contributed by atoms with Crippen LogP contribution in [0.4, 0.5) is 80.3 Å². The molecule has 0 aliphatic heterocycles. The van der Waals surface area contributed by atoms with E-state index in [2.05, 4.69) is 0 Å². The number of halogens is 17. The minimum absolute atomic E-state index is 0.192. The zero-order valence-corrected chi connectivity index (χ0v) is 14.3. The van der Waals surface area contributed by atoms with Crippen LogP contribution < -0.4 is 5.73 Å². The Hall–Kier alpha value is -2.17. The highest BCUT2D eigenvalue weighted by molar-refractivity contribution is 5.50. The largest absolute Gasteiger partial charge is 0.460 e. The van der Waals surface area contributed by atoms with E-state index in [1.54, 1.807) is 0 Å². The molecular weight excluding hydrogens is 505 g/mol. The van der Waals surface area contributed by atoms with Gasteiger partial charge in [-0.2, -0.15) is 74.6 Å². The second-order valence-electron chi connectivity index (χ2n) is 6.11. The summed E-state index contributed by atoms with van der Waals surface area (Å²) in [7, 11) is 0. The fraction of sp³-hybridized carbons (Fsp3) is 0.571. The average molecular weight is 511 g/mol. The first-order valence-corrected chi connectivity index (χ1v) is 7.33. The molecule has 0 radical (unpaired) electrons. The summed E-state index contributed by atoms with van der Waals surface area (Å²) in [5.41, 5.74) is 0.855. The fourth-order valence-electron chi connectivity index (χ4n) is 2.12. The van der Waals surface area contributed by atoms with E-state index in [0.717, 1.165) is 0 Å². The van der Waals surface area contributed by atoms with Crippen LogP contribution in [0.3, 0.4) is 0 Å². The summed E-state index contributed by atoms with van der Waals surface area (Å²) in [5, 5.41) is 0. The standard InChI is InChI=1S/C14H6F17N/c15-7(16,5-3-1-2-4-6(5)32)8(17,18)9(19,20)10(21,22)11(23,24)12(25,26)13(27,28)14(29,30)31/h1-4H,32H2. The number of nitrogen functional groups attached to an aromatic ring is 1. The lowest BCUT2D eigenvalue weighted by atomic mass is 9.87. The third-order valence-electron chi connectivity index (χ3n) is 4.02. The molecule has 0 atom stereocenters. The average Bonchev–Trinajstić information content (AvgIpc) is 2.59. The molecule has 0 aliphatic carbocycles. The van der Waals surface area contributed by atoms with Gasteiger partial charge in [0.25, 0.3) is 0 Å². The molecule has 1 rings (SSSR count). The van der Waals surface area contributed by atoms with Gasteiger partial charge in [0.2, 0.25) is 0 Å². The van der Waals surface area contributed by atoms with Crippen molar-refractivity contribution in [3.05, 3.63) is 29.8 Å². The monoisotopic (exact) mass is 511 g/mol. The van der Waals surface area contributed by atoms with Gasteiger partial charge in [0.1, 0.15) is 0 Å². The number of anilines is 1. The molecule has 0 aromatic heterocycles. The normalized spacial score (nSPS) is 15.8. The quantitative estimate of drug-likeness (QED) is 0.319. The summed E-state index contributed by atoms with van der Waals surface area (Å²) in [6.45, 7) is 0. The molecule has 0 saturated heterocycles. The molecule has 0 spiro atoms. The van der Waals surface area contributed by atoms with Gasteiger partial charge in [-0.05, 0) is 6.07 Å². The van der Waals surface area contributed by atoms with Crippen molar-refractivity contribution >= 4 is 5.69 Å². The van der Waals surface area contributed by atoms with Gasteiger partial charge in [-0.3, -0.25) is 0 Å². The maximum absolute atomic E-state index is 13.9. The zero-order valence-electron chi connectivity index (χ0n) is 14.3. The van der Waals surface area contributed by atoms with Crippen molar-refractivity contribution in [2.24, 2.45) is 0 Å². The first-order valence-electron chi connectivity index (χ1n) is 7.33. The van der Waals surface area contributed by atoms with Gasteiger partial charge in [-0.1, -0.05) is 18.2 Å². The maximum Gasteiger partial charge on any atom is 0.460 e. The highest BCUT2D eigenvalue weighted by Crippen LogP contribution is 2.65. The summed E-state index contributed by atoms with van der Waals surface area (Å²) >= 11 is 0. The Morgan fingerprint density at radius 3 is 1.09 bits per heavy atom. The van der Waals surface area contributed by atoms with Gasteiger partial charge in [0.15, 0.2) is 0 Å². The van der Waals surface area contributed by atoms with Crippen LogP contribution in [0, 0.1) is 0 Å². The van der Waals surface area contributed by atoms with E-state index in [-0.39, 0.29) is 6.07 Å². The van der Waals surface area contributed by atoms with Crippen LogP contribution in [-0.4, -0.2) is 41.7 Å². The lowest BCUT2D eigenvalue weighted by molar-refractivity contribution is -0.462. The van der Waals surface area contributed by atoms with Gasteiger partial charge < -0.3 is 5.73 Å². The van der Waals surface area contributed by atoms with E-state index in [1.165, 1.54) is 0 Å². The summed E-state index contributed by atoms with van der Waals surface area (Å²) in [6.07, 6.45) is -7.78. The second kappa shape index (κ2) is 7.16. The number of benzene rings is 1. The van der Waals surface area contributed by atoms with Gasteiger partial charge in [-0.15, -0.1) is 0 Å². The molecule has 0 heterocycles. The van der Waals surface area contributed by atoms with E-state index in [1.807, 2.05) is 0 Å². The molecule has 1 nitrogen and oxygen atoms in total. The summed E-state index contributed by atoms with van der Waals surface area (Å²) in [5.74, 6) is -56.7. The van der Waals surface area contributed by atoms with Crippen LogP contribution in [0.15, 0.2) is 24.3 Å². The molecular formula is C14H6F17N. The van der Waals surface area contributed by atoms with E-state index in [0.29, 0.717) is 18.2 Å². The van der Waals surface area contributed by atoms with Crippen LogP contribution in [-0.2, 0) is 5.92 Å². The van der Waals surface area contributed by atoms with Crippen molar-refractivity contribution in [1.82, 2.24) is 0 Å². The van der Waals surface area contributed by atoms with Gasteiger partial charge in [0.05, 0.1) is 5.56 Å². The Balaban J connectivity index is 3.74. The topological polar surface area (TPSA) is 26.0 Å². The van der Waals surface area contributed by atoms with Crippen LogP contribution in [0.2, 0.25) is 0 Å². The van der Waals surface area contributed by atoms with Crippen molar-refractivity contribution in [3.63, 3.8) is 0 Å². The smallest absolute Gasteiger partial charge is 0.398 e.